The highest BCUT2D eigenvalue weighted by atomic mass is 35.5. The summed E-state index contributed by atoms with van der Waals surface area (Å²) in [6.07, 6.45) is 7.26. The molecule has 2 aromatic carbocycles. The summed E-state index contributed by atoms with van der Waals surface area (Å²) < 4.78 is 30.2. The van der Waals surface area contributed by atoms with Crippen LogP contribution in [0, 0.1) is 0 Å². The van der Waals surface area contributed by atoms with Crippen molar-refractivity contribution in [3.05, 3.63) is 59.1 Å². The monoisotopic (exact) mass is 408 g/mol. The molecule has 7 heteroatoms. The van der Waals surface area contributed by atoms with Crippen molar-refractivity contribution in [1.29, 1.82) is 0 Å². The first-order valence-corrected chi connectivity index (χ1v) is 10.9. The van der Waals surface area contributed by atoms with Crippen LogP contribution in [0.2, 0.25) is 5.02 Å². The van der Waals surface area contributed by atoms with Gasteiger partial charge >= 0.3 is 0 Å². The number of halogens is 1. The standard InChI is InChI=1S/C20H25ClN2O3S/c1-2-3-4-5-8-15-26-20-10-7-6-9-17(20)16-22-23-27(24,25)19-13-11-18(21)12-14-19/h6-7,9-14,16,23H,2-5,8,15H2,1H3/b22-16+. The molecule has 146 valence electrons. The first kappa shape index (κ1) is 21.3. The lowest BCUT2D eigenvalue weighted by atomic mass is 10.2. The minimum absolute atomic E-state index is 0.0978. The van der Waals surface area contributed by atoms with Gasteiger partial charge in [0.15, 0.2) is 0 Å². The number of unbranched alkanes of at least 4 members (excludes halogenated alkanes) is 4. The average Bonchev–Trinajstić information content (AvgIpc) is 2.66. The second-order valence-electron chi connectivity index (χ2n) is 6.11. The van der Waals surface area contributed by atoms with Crippen molar-refractivity contribution in [3.63, 3.8) is 0 Å². The molecule has 0 amide bonds. The zero-order chi connectivity index (χ0) is 19.5. The maximum absolute atomic E-state index is 12.2. The van der Waals surface area contributed by atoms with E-state index in [0.717, 1.165) is 12.8 Å². The van der Waals surface area contributed by atoms with Crippen LogP contribution in [-0.4, -0.2) is 21.2 Å². The number of ether oxygens (including phenoxy) is 1. The van der Waals surface area contributed by atoms with E-state index >= 15 is 0 Å². The molecule has 0 fully saturated rings. The Kier molecular flexibility index (Phi) is 8.61. The summed E-state index contributed by atoms with van der Waals surface area (Å²) in [6.45, 7) is 2.82. The van der Waals surface area contributed by atoms with Crippen molar-refractivity contribution in [2.24, 2.45) is 5.10 Å². The Hall–Kier alpha value is -2.05. The fraction of sp³-hybridized carbons (Fsp3) is 0.350. The van der Waals surface area contributed by atoms with Gasteiger partial charge in [-0.1, -0.05) is 56.3 Å². The number of nitrogens with one attached hydrogen (secondary N) is 1. The second kappa shape index (κ2) is 10.9. The van der Waals surface area contributed by atoms with Gasteiger partial charge in [0.05, 0.1) is 17.7 Å². The summed E-state index contributed by atoms with van der Waals surface area (Å²) in [4.78, 5) is 2.30. The SMILES string of the molecule is CCCCCCCOc1ccccc1/C=N/NS(=O)(=O)c1ccc(Cl)cc1. The van der Waals surface area contributed by atoms with E-state index in [2.05, 4.69) is 16.9 Å². The summed E-state index contributed by atoms with van der Waals surface area (Å²) in [6, 6.07) is 13.3. The highest BCUT2D eigenvalue weighted by Gasteiger charge is 2.12. The predicted octanol–water partition coefficient (Wildman–Crippen LogP) is 5.00. The summed E-state index contributed by atoms with van der Waals surface area (Å²) in [5, 5.41) is 4.34. The van der Waals surface area contributed by atoms with Gasteiger partial charge in [0.25, 0.3) is 10.0 Å². The van der Waals surface area contributed by atoms with E-state index in [9.17, 15) is 8.42 Å². The van der Waals surface area contributed by atoms with Gasteiger partial charge < -0.3 is 4.74 Å². The maximum Gasteiger partial charge on any atom is 0.276 e. The van der Waals surface area contributed by atoms with Crippen LogP contribution in [0.5, 0.6) is 5.75 Å². The zero-order valence-electron chi connectivity index (χ0n) is 15.4. The topological polar surface area (TPSA) is 67.8 Å². The van der Waals surface area contributed by atoms with E-state index < -0.39 is 10.0 Å². The number of hydrazone groups is 1. The van der Waals surface area contributed by atoms with Crippen LogP contribution in [0.25, 0.3) is 0 Å². The summed E-state index contributed by atoms with van der Waals surface area (Å²) in [5.41, 5.74) is 0.713. The van der Waals surface area contributed by atoms with Crippen LogP contribution in [0.1, 0.15) is 44.6 Å². The molecule has 0 aromatic heterocycles. The van der Waals surface area contributed by atoms with Crippen molar-refractivity contribution in [1.82, 2.24) is 4.83 Å². The number of para-hydroxylation sites is 1. The maximum atomic E-state index is 12.2. The van der Waals surface area contributed by atoms with Gasteiger partial charge in [0.2, 0.25) is 0 Å². The lowest BCUT2D eigenvalue weighted by Crippen LogP contribution is -2.18. The van der Waals surface area contributed by atoms with Gasteiger partial charge in [-0.05, 0) is 42.8 Å². The molecule has 27 heavy (non-hydrogen) atoms. The molecule has 0 saturated carbocycles. The van der Waals surface area contributed by atoms with Crippen LogP contribution in [0.4, 0.5) is 0 Å². The molecule has 0 heterocycles. The Bertz CT molecular complexity index is 837. The summed E-state index contributed by atoms with van der Waals surface area (Å²) >= 11 is 5.78. The smallest absolute Gasteiger partial charge is 0.276 e. The van der Waals surface area contributed by atoms with Gasteiger partial charge in [-0.25, -0.2) is 4.83 Å². The van der Waals surface area contributed by atoms with Crippen LogP contribution in [0.3, 0.4) is 0 Å². The Morgan fingerprint density at radius 2 is 1.74 bits per heavy atom. The van der Waals surface area contributed by atoms with E-state index in [0.29, 0.717) is 22.9 Å². The van der Waals surface area contributed by atoms with E-state index in [1.807, 2.05) is 24.3 Å². The van der Waals surface area contributed by atoms with Gasteiger partial charge in [-0.15, -0.1) is 0 Å². The number of rotatable bonds is 11. The lowest BCUT2D eigenvalue weighted by Gasteiger charge is -2.09. The number of benzene rings is 2. The molecule has 0 saturated heterocycles. The van der Waals surface area contributed by atoms with Gasteiger partial charge in [0.1, 0.15) is 5.75 Å². The summed E-state index contributed by atoms with van der Waals surface area (Å²) in [5.74, 6) is 0.683. The largest absolute Gasteiger partial charge is 0.493 e. The second-order valence-corrected chi connectivity index (χ2v) is 8.20. The van der Waals surface area contributed by atoms with Gasteiger partial charge in [-0.3, -0.25) is 0 Å². The molecule has 1 N–H and O–H groups in total. The third-order valence-corrected chi connectivity index (χ3v) is 5.42. The van der Waals surface area contributed by atoms with Gasteiger partial charge in [-0.2, -0.15) is 13.5 Å². The molecule has 0 aliphatic heterocycles. The number of nitrogens with zero attached hydrogens (tertiary/aromatic N) is 1. The molecule has 2 aromatic rings. The average molecular weight is 409 g/mol. The minimum Gasteiger partial charge on any atom is -0.493 e. The Morgan fingerprint density at radius 3 is 2.48 bits per heavy atom. The molecule has 0 unspecified atom stereocenters. The fourth-order valence-electron chi connectivity index (χ4n) is 2.44. The first-order chi connectivity index (χ1) is 13.0. The highest BCUT2D eigenvalue weighted by Crippen LogP contribution is 2.17. The number of hydrogen-bond acceptors (Lipinski definition) is 4. The third-order valence-electron chi connectivity index (χ3n) is 3.92. The van der Waals surface area contributed by atoms with Crippen LogP contribution in [-0.2, 0) is 10.0 Å². The van der Waals surface area contributed by atoms with Crippen molar-refractivity contribution in [2.45, 2.75) is 43.9 Å². The number of sulfonamides is 1. The molecule has 5 nitrogen and oxygen atoms in total. The molecule has 0 atom stereocenters. The van der Waals surface area contributed by atoms with Crippen molar-refractivity contribution in [2.75, 3.05) is 6.61 Å². The Morgan fingerprint density at radius 1 is 1.04 bits per heavy atom. The molecule has 0 aliphatic rings. The first-order valence-electron chi connectivity index (χ1n) is 9.05. The predicted molar refractivity (Wildman–Crippen MR) is 110 cm³/mol. The van der Waals surface area contributed by atoms with Crippen LogP contribution < -0.4 is 9.57 Å². The Labute approximate surface area is 166 Å². The molecular formula is C20H25ClN2O3S. The van der Waals surface area contributed by atoms with E-state index in [1.54, 1.807) is 0 Å². The molecule has 0 radical (unpaired) electrons. The summed E-state index contributed by atoms with van der Waals surface area (Å²) in [7, 11) is -3.74. The third kappa shape index (κ3) is 7.23. The van der Waals surface area contributed by atoms with E-state index in [1.165, 1.54) is 49.7 Å². The fourth-order valence-corrected chi connectivity index (χ4v) is 3.36. The number of hydrogen-bond donors (Lipinski definition) is 1. The lowest BCUT2D eigenvalue weighted by molar-refractivity contribution is 0.304. The van der Waals surface area contributed by atoms with E-state index in [-0.39, 0.29) is 4.90 Å². The molecule has 0 aliphatic carbocycles. The quantitative estimate of drug-likeness (QED) is 0.323. The van der Waals surface area contributed by atoms with Crippen molar-refractivity contribution >= 4 is 27.8 Å². The normalized spacial score (nSPS) is 11.6. The van der Waals surface area contributed by atoms with Gasteiger partial charge in [0, 0.05) is 10.6 Å². The van der Waals surface area contributed by atoms with Crippen molar-refractivity contribution in [3.8, 4) is 5.75 Å². The van der Waals surface area contributed by atoms with Crippen LogP contribution >= 0.6 is 11.6 Å². The molecule has 0 bridgehead atoms. The minimum atomic E-state index is -3.74. The van der Waals surface area contributed by atoms with Crippen molar-refractivity contribution < 1.29 is 13.2 Å². The molecular weight excluding hydrogens is 384 g/mol. The zero-order valence-corrected chi connectivity index (χ0v) is 17.0. The highest BCUT2D eigenvalue weighted by molar-refractivity contribution is 7.89. The molecule has 0 spiro atoms. The van der Waals surface area contributed by atoms with E-state index in [4.69, 9.17) is 16.3 Å². The molecule has 2 rings (SSSR count). The Balaban J connectivity index is 1.93. The van der Waals surface area contributed by atoms with Crippen LogP contribution in [0.15, 0.2) is 58.5 Å².